The Morgan fingerprint density at radius 3 is 2.39 bits per heavy atom. The molecule has 4 heteroatoms. The Balaban J connectivity index is 1.56. The number of halogens is 1. The minimum Gasteiger partial charge on any atom is -0.368 e. The lowest BCUT2D eigenvalue weighted by molar-refractivity contribution is -0.130. The molecule has 120 valence electrons. The van der Waals surface area contributed by atoms with Crippen LogP contribution in [0.25, 0.3) is 0 Å². The zero-order valence-electron chi connectivity index (χ0n) is 13.3. The average Bonchev–Trinajstić information content (AvgIpc) is 2.56. The van der Waals surface area contributed by atoms with E-state index in [1.807, 2.05) is 41.3 Å². The zero-order valence-corrected chi connectivity index (χ0v) is 14.1. The first-order valence-corrected chi connectivity index (χ1v) is 8.33. The predicted molar refractivity (Wildman–Crippen MR) is 95.1 cm³/mol. The molecule has 1 amide bonds. The van der Waals surface area contributed by atoms with Gasteiger partial charge in [0, 0.05) is 36.9 Å². The number of amides is 1. The first kappa shape index (κ1) is 15.9. The molecule has 0 unspecified atom stereocenters. The topological polar surface area (TPSA) is 23.6 Å². The largest absolute Gasteiger partial charge is 0.368 e. The summed E-state index contributed by atoms with van der Waals surface area (Å²) in [7, 11) is 0. The molecule has 2 aromatic carbocycles. The van der Waals surface area contributed by atoms with Crippen LogP contribution in [0.5, 0.6) is 0 Å². The number of nitrogens with zero attached hydrogens (tertiary/aromatic N) is 2. The van der Waals surface area contributed by atoms with Gasteiger partial charge >= 0.3 is 0 Å². The highest BCUT2D eigenvalue weighted by Gasteiger charge is 2.21. The summed E-state index contributed by atoms with van der Waals surface area (Å²) in [6.07, 6.45) is 0.489. The fourth-order valence-corrected chi connectivity index (χ4v) is 3.10. The molecule has 0 spiro atoms. The number of anilines is 1. The van der Waals surface area contributed by atoms with E-state index >= 15 is 0 Å². The molecule has 0 N–H and O–H groups in total. The number of aryl methyl sites for hydroxylation is 1. The van der Waals surface area contributed by atoms with Gasteiger partial charge in [-0.05, 0) is 36.8 Å². The van der Waals surface area contributed by atoms with E-state index in [2.05, 4.69) is 24.0 Å². The van der Waals surface area contributed by atoms with Gasteiger partial charge < -0.3 is 9.80 Å². The molecule has 0 aromatic heterocycles. The second kappa shape index (κ2) is 7.05. The highest BCUT2D eigenvalue weighted by Crippen LogP contribution is 2.19. The van der Waals surface area contributed by atoms with Crippen LogP contribution in [0.15, 0.2) is 48.5 Å². The number of hydrogen-bond donors (Lipinski definition) is 0. The molecule has 1 aliphatic rings. The first-order chi connectivity index (χ1) is 11.1. The van der Waals surface area contributed by atoms with Crippen molar-refractivity contribution in [1.82, 2.24) is 4.90 Å². The van der Waals surface area contributed by atoms with E-state index in [0.717, 1.165) is 36.8 Å². The van der Waals surface area contributed by atoms with Gasteiger partial charge in [0.15, 0.2) is 0 Å². The van der Waals surface area contributed by atoms with E-state index in [1.165, 1.54) is 11.3 Å². The Morgan fingerprint density at radius 2 is 1.74 bits per heavy atom. The second-order valence-electron chi connectivity index (χ2n) is 6.01. The normalized spacial score (nSPS) is 14.9. The van der Waals surface area contributed by atoms with Crippen LogP contribution < -0.4 is 4.90 Å². The van der Waals surface area contributed by atoms with Crippen molar-refractivity contribution in [3.63, 3.8) is 0 Å². The van der Waals surface area contributed by atoms with Crippen LogP contribution in [0.2, 0.25) is 5.02 Å². The van der Waals surface area contributed by atoms with Crippen molar-refractivity contribution in [3.05, 3.63) is 64.7 Å². The van der Waals surface area contributed by atoms with Gasteiger partial charge in [0.2, 0.25) is 5.91 Å². The van der Waals surface area contributed by atoms with Crippen molar-refractivity contribution < 1.29 is 4.79 Å². The van der Waals surface area contributed by atoms with Gasteiger partial charge in [0.25, 0.3) is 0 Å². The summed E-state index contributed by atoms with van der Waals surface area (Å²) in [5, 5.41) is 0.751. The molecule has 2 aromatic rings. The molecule has 1 fully saturated rings. The summed E-state index contributed by atoms with van der Waals surface area (Å²) < 4.78 is 0. The van der Waals surface area contributed by atoms with Gasteiger partial charge in [-0.3, -0.25) is 4.79 Å². The average molecular weight is 329 g/mol. The number of benzene rings is 2. The Morgan fingerprint density at radius 1 is 1.04 bits per heavy atom. The molecular formula is C19H21ClN2O. The van der Waals surface area contributed by atoms with Gasteiger partial charge in [-0.1, -0.05) is 41.4 Å². The minimum absolute atomic E-state index is 0.214. The minimum atomic E-state index is 0.214. The fourth-order valence-electron chi connectivity index (χ4n) is 2.97. The number of carbonyl (C=O) groups is 1. The van der Waals surface area contributed by atoms with E-state index in [9.17, 15) is 4.79 Å². The van der Waals surface area contributed by atoms with Crippen molar-refractivity contribution in [3.8, 4) is 0 Å². The van der Waals surface area contributed by atoms with Crippen LogP contribution in [0.3, 0.4) is 0 Å². The smallest absolute Gasteiger partial charge is 0.227 e. The van der Waals surface area contributed by atoms with Crippen molar-refractivity contribution in [2.75, 3.05) is 31.1 Å². The van der Waals surface area contributed by atoms with Gasteiger partial charge in [0.1, 0.15) is 0 Å². The van der Waals surface area contributed by atoms with Gasteiger partial charge in [0.05, 0.1) is 6.42 Å². The molecule has 3 nitrogen and oxygen atoms in total. The highest BCUT2D eigenvalue weighted by molar-refractivity contribution is 6.30. The second-order valence-corrected chi connectivity index (χ2v) is 6.45. The van der Waals surface area contributed by atoms with Crippen molar-refractivity contribution in [1.29, 1.82) is 0 Å². The number of piperazine rings is 1. The molecule has 3 rings (SSSR count). The standard InChI is InChI=1S/C19H21ClN2O/c1-15-3-2-4-16(13-15)14-19(23)22-11-9-21(10-12-22)18-7-5-17(20)6-8-18/h2-8,13H,9-12,14H2,1H3. The van der Waals surface area contributed by atoms with Crippen molar-refractivity contribution in [2.24, 2.45) is 0 Å². The predicted octanol–water partition coefficient (Wildman–Crippen LogP) is 3.54. The van der Waals surface area contributed by atoms with Crippen molar-refractivity contribution in [2.45, 2.75) is 13.3 Å². The first-order valence-electron chi connectivity index (χ1n) is 7.96. The molecule has 0 bridgehead atoms. The Labute approximate surface area is 142 Å². The summed E-state index contributed by atoms with van der Waals surface area (Å²) in [6.45, 7) is 5.32. The fraction of sp³-hybridized carbons (Fsp3) is 0.316. The number of hydrogen-bond acceptors (Lipinski definition) is 2. The lowest BCUT2D eigenvalue weighted by Gasteiger charge is -2.36. The summed E-state index contributed by atoms with van der Waals surface area (Å²) in [6, 6.07) is 16.1. The van der Waals surface area contributed by atoms with Crippen LogP contribution in [-0.4, -0.2) is 37.0 Å². The van der Waals surface area contributed by atoms with Gasteiger partial charge in [-0.15, -0.1) is 0 Å². The molecule has 0 radical (unpaired) electrons. The summed E-state index contributed by atoms with van der Waals surface area (Å²) in [4.78, 5) is 16.7. The van der Waals surface area contributed by atoms with Crippen molar-refractivity contribution >= 4 is 23.2 Å². The highest BCUT2D eigenvalue weighted by atomic mass is 35.5. The molecule has 1 aliphatic heterocycles. The van der Waals surface area contributed by atoms with E-state index < -0.39 is 0 Å². The molecule has 0 aliphatic carbocycles. The quantitative estimate of drug-likeness (QED) is 0.860. The third-order valence-electron chi connectivity index (χ3n) is 4.26. The maximum atomic E-state index is 12.5. The van der Waals surface area contributed by atoms with E-state index in [0.29, 0.717) is 6.42 Å². The maximum Gasteiger partial charge on any atom is 0.227 e. The van der Waals surface area contributed by atoms with Gasteiger partial charge in [-0.25, -0.2) is 0 Å². The Hall–Kier alpha value is -2.00. The van der Waals surface area contributed by atoms with Gasteiger partial charge in [-0.2, -0.15) is 0 Å². The summed E-state index contributed by atoms with van der Waals surface area (Å²) in [5.74, 6) is 0.214. The van der Waals surface area contributed by atoms with E-state index in [4.69, 9.17) is 11.6 Å². The molecule has 1 saturated heterocycles. The molecule has 23 heavy (non-hydrogen) atoms. The van der Waals surface area contributed by atoms with E-state index in [-0.39, 0.29) is 5.91 Å². The van der Waals surface area contributed by atoms with Crippen LogP contribution >= 0.6 is 11.6 Å². The molecule has 0 atom stereocenters. The Kier molecular flexibility index (Phi) is 4.87. The summed E-state index contributed by atoms with van der Waals surface area (Å²) >= 11 is 5.93. The van der Waals surface area contributed by atoms with Crippen LogP contribution in [0.4, 0.5) is 5.69 Å². The lowest BCUT2D eigenvalue weighted by atomic mass is 10.1. The third kappa shape index (κ3) is 4.05. The number of rotatable bonds is 3. The zero-order chi connectivity index (χ0) is 16.2. The monoisotopic (exact) mass is 328 g/mol. The summed E-state index contributed by atoms with van der Waals surface area (Å²) in [5.41, 5.74) is 3.46. The van der Waals surface area contributed by atoms with Crippen LogP contribution in [0.1, 0.15) is 11.1 Å². The molecular weight excluding hydrogens is 308 g/mol. The van der Waals surface area contributed by atoms with Crippen LogP contribution in [0, 0.1) is 6.92 Å². The van der Waals surface area contributed by atoms with E-state index in [1.54, 1.807) is 0 Å². The van der Waals surface area contributed by atoms with Crippen LogP contribution in [-0.2, 0) is 11.2 Å². The number of carbonyl (C=O) groups excluding carboxylic acids is 1. The molecule has 1 heterocycles. The third-order valence-corrected chi connectivity index (χ3v) is 4.51. The Bertz CT molecular complexity index is 676. The lowest BCUT2D eigenvalue weighted by Crippen LogP contribution is -2.49. The maximum absolute atomic E-state index is 12.5. The SMILES string of the molecule is Cc1cccc(CC(=O)N2CCN(c3ccc(Cl)cc3)CC2)c1. The molecule has 0 saturated carbocycles.